The molecule has 2 aliphatic heterocycles. The van der Waals surface area contributed by atoms with Crippen LogP contribution in [0, 0.1) is 12.3 Å². The van der Waals surface area contributed by atoms with Gasteiger partial charge in [0.1, 0.15) is 6.54 Å². The fourth-order valence-electron chi connectivity index (χ4n) is 7.22. The zero-order valence-electron chi connectivity index (χ0n) is 31.8. The monoisotopic (exact) mass is 776 g/mol. The maximum absolute atomic E-state index is 13.6. The van der Waals surface area contributed by atoms with Crippen molar-refractivity contribution in [2.24, 2.45) is 0 Å². The van der Waals surface area contributed by atoms with Crippen molar-refractivity contribution in [3.8, 4) is 12.3 Å². The normalized spacial score (nSPS) is 17.4. The Labute approximate surface area is 321 Å². The number of carbonyl (C=O) groups excluding carboxylic acids is 1. The van der Waals surface area contributed by atoms with Crippen molar-refractivity contribution in [1.29, 1.82) is 0 Å². The van der Waals surface area contributed by atoms with Crippen molar-refractivity contribution in [2.75, 3.05) is 36.0 Å². The molecule has 2 aromatic carbocycles. The van der Waals surface area contributed by atoms with Crippen LogP contribution in [0.25, 0.3) is 0 Å². The number of nitrogens with zero attached hydrogens (tertiary/aromatic N) is 2. The third kappa shape index (κ3) is 11.1. The van der Waals surface area contributed by atoms with E-state index < -0.39 is 20.2 Å². The molecule has 12 heteroatoms. The summed E-state index contributed by atoms with van der Waals surface area (Å²) in [7, 11) is -8.09. The molecule has 0 atom stereocenters. The molecule has 0 saturated carbocycles. The number of carbonyl (C=O) groups is 1. The lowest BCUT2D eigenvalue weighted by Gasteiger charge is -2.27. The summed E-state index contributed by atoms with van der Waals surface area (Å²) in [5.74, 6) is 1.81. The van der Waals surface area contributed by atoms with E-state index in [1.54, 1.807) is 12.2 Å². The zero-order valence-corrected chi connectivity index (χ0v) is 33.4. The van der Waals surface area contributed by atoms with Gasteiger partial charge in [-0.1, -0.05) is 62.4 Å². The van der Waals surface area contributed by atoms with Gasteiger partial charge in [0.05, 0.1) is 16.9 Å². The summed E-state index contributed by atoms with van der Waals surface area (Å²) >= 11 is 0. The maximum Gasteiger partial charge on any atom is 0.264 e. The van der Waals surface area contributed by atoms with Gasteiger partial charge in [-0.3, -0.25) is 13.9 Å². The molecule has 0 unspecified atom stereocenters. The first kappa shape index (κ1) is 42.5. The second-order valence-electron chi connectivity index (χ2n) is 14.8. The van der Waals surface area contributed by atoms with Crippen LogP contribution in [0.15, 0.2) is 96.3 Å². The third-order valence-electron chi connectivity index (χ3n) is 10.0. The molecule has 0 radical (unpaired) electrons. The van der Waals surface area contributed by atoms with Crippen LogP contribution in [-0.2, 0) is 35.9 Å². The molecular weight excluding hydrogens is 723 g/mol. The molecule has 0 aliphatic carbocycles. The lowest BCUT2D eigenvalue weighted by molar-refractivity contribution is -0.438. The number of hydrogen-bond donors (Lipinski definition) is 3. The molecule has 1 amide bonds. The maximum atomic E-state index is 13.6. The predicted octanol–water partition coefficient (Wildman–Crippen LogP) is 7.04. The van der Waals surface area contributed by atoms with Gasteiger partial charge in [-0.2, -0.15) is 21.4 Å². The van der Waals surface area contributed by atoms with Gasteiger partial charge >= 0.3 is 0 Å². The molecule has 0 aromatic heterocycles. The van der Waals surface area contributed by atoms with Gasteiger partial charge in [0.15, 0.2) is 5.71 Å². The largest absolute Gasteiger partial charge is 0.352 e. The highest BCUT2D eigenvalue weighted by molar-refractivity contribution is 7.86. The van der Waals surface area contributed by atoms with Crippen LogP contribution in [0.1, 0.15) is 83.8 Å². The molecule has 54 heavy (non-hydrogen) atoms. The van der Waals surface area contributed by atoms with Crippen molar-refractivity contribution in [1.82, 2.24) is 5.32 Å². The van der Waals surface area contributed by atoms with Gasteiger partial charge < -0.3 is 10.2 Å². The smallest absolute Gasteiger partial charge is 0.264 e. The zero-order chi connectivity index (χ0) is 39.6. The standard InChI is InChI=1S/C42H53N3O7S2/c1-6-7-8-13-28-43-40(46)33(20-18-26-38-41(2,3)34-22-9-11-24-36(34)44(38)29-14-16-31-53(47,48)49)21-19-27-39-42(4,5)35-23-10-12-25-37(35)45(39)30-15-17-32-54(50,51)52/h1,9-12,18-27H,7-8,13-17,28-32H2,2-5H3,(H2-,43,46,47,48,49,50,51,52)/p+1. The van der Waals surface area contributed by atoms with Gasteiger partial charge in [-0.05, 0) is 75.8 Å². The summed E-state index contributed by atoms with van der Waals surface area (Å²) in [6.45, 7) is 10.1. The van der Waals surface area contributed by atoms with Crippen molar-refractivity contribution in [3.63, 3.8) is 0 Å². The number of rotatable bonds is 19. The highest BCUT2D eigenvalue weighted by Crippen LogP contribution is 2.47. The van der Waals surface area contributed by atoms with Crippen molar-refractivity contribution < 1.29 is 35.3 Å². The number of nitrogens with one attached hydrogen (secondary N) is 1. The topological polar surface area (TPSA) is 144 Å². The number of hydrogen-bond acceptors (Lipinski definition) is 6. The van der Waals surface area contributed by atoms with E-state index in [0.717, 1.165) is 46.8 Å². The predicted molar refractivity (Wildman–Crippen MR) is 218 cm³/mol. The summed E-state index contributed by atoms with van der Waals surface area (Å²) in [6, 6.07) is 16.2. The summed E-state index contributed by atoms with van der Waals surface area (Å²) < 4.78 is 66.0. The van der Waals surface area contributed by atoms with Crippen LogP contribution >= 0.6 is 0 Å². The van der Waals surface area contributed by atoms with E-state index in [1.807, 2.05) is 60.7 Å². The molecule has 4 rings (SSSR count). The van der Waals surface area contributed by atoms with Gasteiger partial charge in [-0.15, -0.1) is 12.3 Å². The molecule has 10 nitrogen and oxygen atoms in total. The second kappa shape index (κ2) is 18.4. The summed E-state index contributed by atoms with van der Waals surface area (Å²) in [5.41, 5.74) is 6.08. The van der Waals surface area contributed by atoms with Crippen LogP contribution in [0.4, 0.5) is 11.4 Å². The first-order valence-corrected chi connectivity index (χ1v) is 21.7. The molecule has 0 spiro atoms. The minimum absolute atomic E-state index is 0.230. The Morgan fingerprint density at radius 2 is 1.50 bits per heavy atom. The van der Waals surface area contributed by atoms with Gasteiger partial charge in [0.25, 0.3) is 26.1 Å². The van der Waals surface area contributed by atoms with E-state index in [4.69, 9.17) is 6.42 Å². The van der Waals surface area contributed by atoms with Crippen molar-refractivity contribution in [3.05, 3.63) is 107 Å². The Bertz CT molecular complexity index is 2100. The fraction of sp³-hybridized carbons (Fsp3) is 0.429. The van der Waals surface area contributed by atoms with E-state index in [9.17, 15) is 30.7 Å². The number of fused-ring (bicyclic) bond motifs is 2. The van der Waals surface area contributed by atoms with Gasteiger partial charge in [-0.25, -0.2) is 0 Å². The number of anilines is 1. The van der Waals surface area contributed by atoms with E-state index in [-0.39, 0.29) is 28.2 Å². The Kier molecular flexibility index (Phi) is 14.4. The minimum atomic E-state index is -4.04. The lowest BCUT2D eigenvalue weighted by atomic mass is 9.81. The van der Waals surface area contributed by atoms with E-state index >= 15 is 0 Å². The molecule has 2 aliphatic rings. The van der Waals surface area contributed by atoms with Crippen LogP contribution in [-0.4, -0.2) is 73.3 Å². The van der Waals surface area contributed by atoms with E-state index in [1.165, 1.54) is 0 Å². The minimum Gasteiger partial charge on any atom is -0.352 e. The van der Waals surface area contributed by atoms with E-state index in [2.05, 4.69) is 60.5 Å². The average molecular weight is 777 g/mol. The van der Waals surface area contributed by atoms with Gasteiger partial charge in [0, 0.05) is 66.0 Å². The second-order valence-corrected chi connectivity index (χ2v) is 17.9. The van der Waals surface area contributed by atoms with E-state index in [0.29, 0.717) is 57.3 Å². The highest BCUT2D eigenvalue weighted by Gasteiger charge is 2.44. The Balaban J connectivity index is 1.66. The first-order chi connectivity index (χ1) is 25.5. The Morgan fingerprint density at radius 3 is 2.19 bits per heavy atom. The van der Waals surface area contributed by atoms with Crippen LogP contribution < -0.4 is 10.2 Å². The Hall–Kier alpha value is -4.28. The number of amides is 1. The van der Waals surface area contributed by atoms with Gasteiger partial charge in [0.2, 0.25) is 5.69 Å². The number of terminal acetylenes is 1. The summed E-state index contributed by atoms with van der Waals surface area (Å²) in [5, 5.41) is 3.02. The number of unbranched alkanes of at least 4 members (excludes halogenated alkanes) is 4. The SMILES string of the molecule is C#CCCCCNC(=O)C(=C\C=C\C1=[N+](CCCCS(=O)(=O)O)c2ccccc2C1(C)C)/C=C/C=C1/N(CCCCS(=O)(=O)O)c2ccccc2C1(C)C. The summed E-state index contributed by atoms with van der Waals surface area (Å²) in [6.07, 6.45) is 20.7. The fourth-order valence-corrected chi connectivity index (χ4v) is 8.36. The van der Waals surface area contributed by atoms with Crippen molar-refractivity contribution in [2.45, 2.75) is 83.5 Å². The molecule has 0 bridgehead atoms. The van der Waals surface area contributed by atoms with Crippen LogP contribution in [0.3, 0.4) is 0 Å². The first-order valence-electron chi connectivity index (χ1n) is 18.5. The molecule has 0 saturated heterocycles. The number of benzene rings is 2. The molecule has 3 N–H and O–H groups in total. The number of para-hydroxylation sites is 2. The molecular formula is C42H54N3O7S2+. The highest BCUT2D eigenvalue weighted by atomic mass is 32.2. The quantitative estimate of drug-likeness (QED) is 0.0345. The average Bonchev–Trinajstić information content (AvgIpc) is 3.45. The lowest BCUT2D eigenvalue weighted by Crippen LogP contribution is -2.28. The molecule has 0 fully saturated rings. The molecule has 2 aromatic rings. The van der Waals surface area contributed by atoms with Crippen molar-refractivity contribution >= 4 is 43.2 Å². The third-order valence-corrected chi connectivity index (χ3v) is 11.6. The molecule has 2 heterocycles. The van der Waals surface area contributed by atoms with Crippen LogP contribution in [0.5, 0.6) is 0 Å². The molecule has 290 valence electrons. The summed E-state index contributed by atoms with van der Waals surface area (Å²) in [4.78, 5) is 15.8. The van der Waals surface area contributed by atoms with Crippen LogP contribution in [0.2, 0.25) is 0 Å². The number of allylic oxidation sites excluding steroid dienone is 6. The Morgan fingerprint density at radius 1 is 0.852 bits per heavy atom.